The van der Waals surface area contributed by atoms with Crippen LogP contribution in [-0.4, -0.2) is 75.8 Å². The zero-order valence-electron chi connectivity index (χ0n) is 10.3. The maximum Gasteiger partial charge on any atom is 0.0900 e. The summed E-state index contributed by atoms with van der Waals surface area (Å²) in [6, 6.07) is 0.571. The fourth-order valence-electron chi connectivity index (χ4n) is 1.95. The molecule has 1 heterocycles. The van der Waals surface area contributed by atoms with Gasteiger partial charge < -0.3 is 19.9 Å². The average Bonchev–Trinajstić information content (AvgIpc) is 2.72. The highest BCUT2D eigenvalue weighted by molar-refractivity contribution is 4.80. The van der Waals surface area contributed by atoms with E-state index in [0.29, 0.717) is 32.4 Å². The highest BCUT2D eigenvalue weighted by Gasteiger charge is 2.22. The fourth-order valence-corrected chi connectivity index (χ4v) is 1.95. The van der Waals surface area contributed by atoms with Crippen LogP contribution in [0.15, 0.2) is 0 Å². The molecular formula is C11H24N2O3. The lowest BCUT2D eigenvalue weighted by Gasteiger charge is -2.19. The number of rotatable bonds is 8. The van der Waals surface area contributed by atoms with Crippen molar-refractivity contribution in [2.45, 2.75) is 18.6 Å². The Hall–Kier alpha value is -0.200. The summed E-state index contributed by atoms with van der Waals surface area (Å²) in [7, 11) is 3.63. The maximum absolute atomic E-state index is 9.74. The van der Waals surface area contributed by atoms with Crippen molar-refractivity contribution >= 4 is 0 Å². The Labute approximate surface area is 97.7 Å². The average molecular weight is 232 g/mol. The van der Waals surface area contributed by atoms with E-state index in [-0.39, 0.29) is 0 Å². The van der Waals surface area contributed by atoms with Crippen molar-refractivity contribution in [1.82, 2.24) is 10.2 Å². The Morgan fingerprint density at radius 2 is 2.31 bits per heavy atom. The van der Waals surface area contributed by atoms with Crippen LogP contribution in [0.2, 0.25) is 0 Å². The van der Waals surface area contributed by atoms with Crippen LogP contribution in [0, 0.1) is 0 Å². The summed E-state index contributed by atoms with van der Waals surface area (Å²) < 4.78 is 10.1. The SMILES string of the molecule is CNC1CCN(CC(O)COCCOC)C1. The number of likely N-dealkylation sites (tertiary alicyclic amines) is 1. The minimum atomic E-state index is -0.396. The molecule has 0 aromatic carbocycles. The molecule has 2 atom stereocenters. The van der Waals surface area contributed by atoms with Gasteiger partial charge in [0.25, 0.3) is 0 Å². The molecule has 1 fully saturated rings. The third-order valence-corrected chi connectivity index (χ3v) is 2.89. The lowest BCUT2D eigenvalue weighted by molar-refractivity contribution is 0.00194. The van der Waals surface area contributed by atoms with Crippen molar-refractivity contribution in [3.63, 3.8) is 0 Å². The van der Waals surface area contributed by atoms with Crippen LogP contribution >= 0.6 is 0 Å². The number of β-amino-alcohol motifs (C(OH)–C–C–N with tert-alkyl or cyclic N) is 1. The highest BCUT2D eigenvalue weighted by atomic mass is 16.5. The molecule has 0 radical (unpaired) electrons. The third-order valence-electron chi connectivity index (χ3n) is 2.89. The second-order valence-corrected chi connectivity index (χ2v) is 4.26. The van der Waals surface area contributed by atoms with Gasteiger partial charge in [0.05, 0.1) is 25.9 Å². The van der Waals surface area contributed by atoms with Crippen molar-refractivity contribution in [3.05, 3.63) is 0 Å². The molecule has 0 bridgehead atoms. The topological polar surface area (TPSA) is 54.0 Å². The molecule has 16 heavy (non-hydrogen) atoms. The van der Waals surface area contributed by atoms with E-state index in [1.165, 1.54) is 0 Å². The Bertz CT molecular complexity index is 181. The normalized spacial score (nSPS) is 23.8. The van der Waals surface area contributed by atoms with Gasteiger partial charge in [0.1, 0.15) is 0 Å². The van der Waals surface area contributed by atoms with E-state index in [9.17, 15) is 5.11 Å². The lowest BCUT2D eigenvalue weighted by Crippen LogP contribution is -2.36. The Kier molecular flexibility index (Phi) is 6.91. The summed E-state index contributed by atoms with van der Waals surface area (Å²) in [5.74, 6) is 0. The number of hydrogen-bond acceptors (Lipinski definition) is 5. The van der Waals surface area contributed by atoms with Crippen LogP contribution in [0.4, 0.5) is 0 Å². The molecule has 0 aromatic rings. The van der Waals surface area contributed by atoms with E-state index >= 15 is 0 Å². The summed E-state index contributed by atoms with van der Waals surface area (Å²) >= 11 is 0. The van der Waals surface area contributed by atoms with Crippen LogP contribution in [0.25, 0.3) is 0 Å². The van der Waals surface area contributed by atoms with Gasteiger partial charge in [-0.05, 0) is 20.0 Å². The predicted octanol–water partition coefficient (Wildman–Crippen LogP) is -0.696. The van der Waals surface area contributed by atoms with Crippen LogP contribution < -0.4 is 5.32 Å². The van der Waals surface area contributed by atoms with E-state index in [4.69, 9.17) is 9.47 Å². The summed E-state index contributed by atoms with van der Waals surface area (Å²) in [4.78, 5) is 2.27. The summed E-state index contributed by atoms with van der Waals surface area (Å²) in [6.07, 6.45) is 0.765. The van der Waals surface area contributed by atoms with Gasteiger partial charge in [-0.15, -0.1) is 0 Å². The van der Waals surface area contributed by atoms with Crippen molar-refractivity contribution in [3.8, 4) is 0 Å². The first kappa shape index (κ1) is 13.9. The Morgan fingerprint density at radius 1 is 1.50 bits per heavy atom. The molecule has 1 aliphatic rings. The smallest absolute Gasteiger partial charge is 0.0900 e. The predicted molar refractivity (Wildman–Crippen MR) is 62.6 cm³/mol. The van der Waals surface area contributed by atoms with Crippen LogP contribution in [-0.2, 0) is 9.47 Å². The molecule has 1 saturated heterocycles. The zero-order chi connectivity index (χ0) is 11.8. The lowest BCUT2D eigenvalue weighted by atomic mass is 10.3. The van der Waals surface area contributed by atoms with Crippen molar-refractivity contribution < 1.29 is 14.6 Å². The van der Waals surface area contributed by atoms with Gasteiger partial charge in [0.15, 0.2) is 0 Å². The van der Waals surface area contributed by atoms with Gasteiger partial charge >= 0.3 is 0 Å². The zero-order valence-corrected chi connectivity index (χ0v) is 10.3. The third kappa shape index (κ3) is 5.23. The Balaban J connectivity index is 2.03. The number of aliphatic hydroxyl groups excluding tert-OH is 1. The van der Waals surface area contributed by atoms with Crippen molar-refractivity contribution in [1.29, 1.82) is 0 Å². The first-order chi connectivity index (χ1) is 7.76. The van der Waals surface area contributed by atoms with Crippen LogP contribution in [0.1, 0.15) is 6.42 Å². The second-order valence-electron chi connectivity index (χ2n) is 4.26. The molecular weight excluding hydrogens is 208 g/mol. The molecule has 1 aliphatic heterocycles. The van der Waals surface area contributed by atoms with E-state index in [2.05, 4.69) is 10.2 Å². The first-order valence-electron chi connectivity index (χ1n) is 5.90. The highest BCUT2D eigenvalue weighted by Crippen LogP contribution is 2.08. The quantitative estimate of drug-likeness (QED) is 0.542. The van der Waals surface area contributed by atoms with Gasteiger partial charge in [0.2, 0.25) is 0 Å². The molecule has 0 amide bonds. The molecule has 0 spiro atoms. The summed E-state index contributed by atoms with van der Waals surface area (Å²) in [6.45, 7) is 4.30. The van der Waals surface area contributed by atoms with E-state index < -0.39 is 6.10 Å². The minimum absolute atomic E-state index is 0.393. The molecule has 0 saturated carbocycles. The molecule has 5 nitrogen and oxygen atoms in total. The number of nitrogens with zero attached hydrogens (tertiary/aromatic N) is 1. The Morgan fingerprint density at radius 3 is 2.94 bits per heavy atom. The molecule has 96 valence electrons. The standard InChI is InChI=1S/C11H24N2O3/c1-12-10-3-4-13(7-10)8-11(14)9-16-6-5-15-2/h10-12,14H,3-9H2,1-2H3. The monoisotopic (exact) mass is 232 g/mol. The number of aliphatic hydroxyl groups is 1. The minimum Gasteiger partial charge on any atom is -0.389 e. The van der Waals surface area contributed by atoms with Crippen molar-refractivity contribution in [2.75, 3.05) is 53.6 Å². The van der Waals surface area contributed by atoms with Gasteiger partial charge in [-0.1, -0.05) is 0 Å². The van der Waals surface area contributed by atoms with Gasteiger partial charge in [-0.25, -0.2) is 0 Å². The molecule has 1 rings (SSSR count). The van der Waals surface area contributed by atoms with Crippen LogP contribution in [0.3, 0.4) is 0 Å². The molecule has 2 N–H and O–H groups in total. The summed E-state index contributed by atoms with van der Waals surface area (Å²) in [5, 5.41) is 13.0. The molecule has 2 unspecified atom stereocenters. The molecule has 5 heteroatoms. The number of methoxy groups -OCH3 is 1. The number of ether oxygens (including phenoxy) is 2. The maximum atomic E-state index is 9.74. The fraction of sp³-hybridized carbons (Fsp3) is 1.00. The molecule has 0 aromatic heterocycles. The second kappa shape index (κ2) is 7.97. The van der Waals surface area contributed by atoms with Crippen molar-refractivity contribution in [2.24, 2.45) is 0 Å². The number of nitrogens with one attached hydrogen (secondary N) is 1. The van der Waals surface area contributed by atoms with E-state index in [1.807, 2.05) is 7.05 Å². The number of likely N-dealkylation sites (N-methyl/N-ethyl adjacent to an activating group) is 1. The van der Waals surface area contributed by atoms with Gasteiger partial charge in [-0.3, -0.25) is 4.90 Å². The van der Waals surface area contributed by atoms with Crippen LogP contribution in [0.5, 0.6) is 0 Å². The summed E-state index contributed by atoms with van der Waals surface area (Å²) in [5.41, 5.74) is 0. The number of hydrogen-bond donors (Lipinski definition) is 2. The van der Waals surface area contributed by atoms with Gasteiger partial charge in [-0.2, -0.15) is 0 Å². The van der Waals surface area contributed by atoms with E-state index in [0.717, 1.165) is 19.5 Å². The van der Waals surface area contributed by atoms with Gasteiger partial charge in [0, 0.05) is 26.2 Å². The largest absolute Gasteiger partial charge is 0.389 e. The molecule has 0 aliphatic carbocycles. The first-order valence-corrected chi connectivity index (χ1v) is 5.90. The van der Waals surface area contributed by atoms with E-state index in [1.54, 1.807) is 7.11 Å².